The van der Waals surface area contributed by atoms with Gasteiger partial charge in [0.05, 0.1) is 0 Å². The van der Waals surface area contributed by atoms with Crippen LogP contribution in [0, 0.1) is 6.92 Å². The number of carboxylic acids is 1. The van der Waals surface area contributed by atoms with E-state index in [1.165, 1.54) is 13.0 Å². The fourth-order valence-electron chi connectivity index (χ4n) is 1.21. The largest absolute Gasteiger partial charge is 0.477 e. The summed E-state index contributed by atoms with van der Waals surface area (Å²) in [6.07, 6.45) is 1.36. The number of hydrogen-bond donors (Lipinski definition) is 2. The average Bonchev–Trinajstić information content (AvgIpc) is 2.21. The number of benzene rings is 1. The van der Waals surface area contributed by atoms with Gasteiger partial charge in [0.25, 0.3) is 0 Å². The fraction of sp³-hybridized carbons (Fsp3) is 0.167. The number of nitrogens with one attached hydrogen (secondary N) is 1. The number of aryl methyl sites for hydroxylation is 1. The van der Waals surface area contributed by atoms with E-state index < -0.39 is 11.9 Å². The molecule has 0 saturated carbocycles. The Morgan fingerprint density at radius 3 is 2.53 bits per heavy atom. The van der Waals surface area contributed by atoms with Gasteiger partial charge in [0.2, 0.25) is 5.91 Å². The number of hydrogen-bond acceptors (Lipinski definition) is 2. The van der Waals surface area contributed by atoms with Crippen molar-refractivity contribution >= 4 is 29.6 Å². The Morgan fingerprint density at radius 2 is 2.06 bits per heavy atom. The lowest BCUT2D eigenvalue weighted by Crippen LogP contribution is -2.24. The van der Waals surface area contributed by atoms with Crippen LogP contribution in [0.5, 0.6) is 0 Å². The van der Waals surface area contributed by atoms with Crippen molar-refractivity contribution in [1.29, 1.82) is 0 Å². The van der Waals surface area contributed by atoms with Gasteiger partial charge < -0.3 is 10.4 Å². The van der Waals surface area contributed by atoms with Gasteiger partial charge in [-0.3, -0.25) is 4.79 Å². The normalized spacial score (nSPS) is 11.1. The third-order valence-corrected chi connectivity index (χ3v) is 2.46. The number of rotatable bonds is 3. The van der Waals surface area contributed by atoms with E-state index in [-0.39, 0.29) is 5.70 Å². The molecule has 0 aliphatic heterocycles. The zero-order valence-corrected chi connectivity index (χ0v) is 10.2. The Morgan fingerprint density at radius 1 is 1.41 bits per heavy atom. The molecule has 0 spiro atoms. The molecule has 0 saturated heterocycles. The highest BCUT2D eigenvalue weighted by Crippen LogP contribution is 2.18. The Labute approximate surface area is 104 Å². The molecule has 90 valence electrons. The molecule has 0 aliphatic carbocycles. The molecule has 2 N–H and O–H groups in total. The highest BCUT2D eigenvalue weighted by Gasteiger charge is 2.08. The number of amides is 1. The Bertz CT molecular complexity index is 495. The predicted octanol–water partition coefficient (Wildman–Crippen LogP) is 2.21. The van der Waals surface area contributed by atoms with Gasteiger partial charge in [-0.2, -0.15) is 0 Å². The van der Waals surface area contributed by atoms with Crippen LogP contribution >= 0.6 is 11.6 Å². The van der Waals surface area contributed by atoms with Crippen LogP contribution in [-0.2, 0) is 9.59 Å². The number of carbonyl (C=O) groups excluding carboxylic acids is 1. The number of carbonyl (C=O) groups is 2. The fourth-order valence-corrected chi connectivity index (χ4v) is 1.40. The molecule has 1 aromatic rings. The molecular weight excluding hydrogens is 242 g/mol. The first-order valence-electron chi connectivity index (χ1n) is 4.89. The summed E-state index contributed by atoms with van der Waals surface area (Å²) in [6.45, 7) is 3.10. The van der Waals surface area contributed by atoms with Gasteiger partial charge in [-0.15, -0.1) is 0 Å². The summed E-state index contributed by atoms with van der Waals surface area (Å²) in [4.78, 5) is 21.7. The van der Waals surface area contributed by atoms with Crippen molar-refractivity contribution in [1.82, 2.24) is 5.32 Å². The first-order chi connectivity index (χ1) is 7.90. The van der Waals surface area contributed by atoms with Gasteiger partial charge in [0.1, 0.15) is 5.70 Å². The molecule has 4 nitrogen and oxygen atoms in total. The van der Waals surface area contributed by atoms with Gasteiger partial charge in [-0.05, 0) is 30.2 Å². The van der Waals surface area contributed by atoms with Crippen molar-refractivity contribution in [2.24, 2.45) is 0 Å². The second-order valence-corrected chi connectivity index (χ2v) is 3.96. The first kappa shape index (κ1) is 13.3. The third-order valence-electron chi connectivity index (χ3n) is 2.05. The molecule has 0 heterocycles. The maximum atomic E-state index is 10.9. The van der Waals surface area contributed by atoms with E-state index >= 15 is 0 Å². The van der Waals surface area contributed by atoms with Gasteiger partial charge >= 0.3 is 5.97 Å². The molecule has 1 rings (SSSR count). The summed E-state index contributed by atoms with van der Waals surface area (Å²) in [7, 11) is 0. The predicted molar refractivity (Wildman–Crippen MR) is 65.6 cm³/mol. The molecule has 0 bridgehead atoms. The summed E-state index contributed by atoms with van der Waals surface area (Å²) < 4.78 is 0. The van der Waals surface area contributed by atoms with Crippen LogP contribution < -0.4 is 5.32 Å². The molecule has 0 fully saturated rings. The standard InChI is InChI=1S/C12H12ClNO3/c1-7-3-4-9(5-10(7)13)6-11(12(16)17)14-8(2)15/h3-6H,1-2H3,(H,14,15)(H,16,17)/b11-6-. The zero-order valence-electron chi connectivity index (χ0n) is 9.45. The van der Waals surface area contributed by atoms with Crippen molar-refractivity contribution in [2.75, 3.05) is 0 Å². The highest BCUT2D eigenvalue weighted by atomic mass is 35.5. The summed E-state index contributed by atoms with van der Waals surface area (Å²) in [6, 6.07) is 5.15. The van der Waals surface area contributed by atoms with Crippen LogP contribution in [0.3, 0.4) is 0 Å². The Kier molecular flexibility index (Phi) is 4.29. The summed E-state index contributed by atoms with van der Waals surface area (Å²) in [5, 5.41) is 11.7. The van der Waals surface area contributed by atoms with Gasteiger partial charge in [0, 0.05) is 11.9 Å². The van der Waals surface area contributed by atoms with Crippen LogP contribution in [0.2, 0.25) is 5.02 Å². The quantitative estimate of drug-likeness (QED) is 0.812. The number of carboxylic acid groups (broad SMARTS) is 1. The van der Waals surface area contributed by atoms with E-state index in [1.54, 1.807) is 18.2 Å². The zero-order chi connectivity index (χ0) is 13.0. The van der Waals surface area contributed by atoms with Gasteiger partial charge in [-0.25, -0.2) is 4.79 Å². The topological polar surface area (TPSA) is 66.4 Å². The lowest BCUT2D eigenvalue weighted by Gasteiger charge is -2.04. The van der Waals surface area contributed by atoms with E-state index in [1.807, 2.05) is 6.92 Å². The van der Waals surface area contributed by atoms with Crippen LogP contribution in [0.15, 0.2) is 23.9 Å². The van der Waals surface area contributed by atoms with Crippen LogP contribution in [0.4, 0.5) is 0 Å². The smallest absolute Gasteiger partial charge is 0.352 e. The minimum Gasteiger partial charge on any atom is -0.477 e. The second-order valence-electron chi connectivity index (χ2n) is 3.55. The lowest BCUT2D eigenvalue weighted by molar-refractivity contribution is -0.134. The van der Waals surface area contributed by atoms with E-state index in [2.05, 4.69) is 5.32 Å². The highest BCUT2D eigenvalue weighted by molar-refractivity contribution is 6.31. The van der Waals surface area contributed by atoms with Crippen molar-refractivity contribution in [3.8, 4) is 0 Å². The molecule has 0 aromatic heterocycles. The third kappa shape index (κ3) is 3.92. The van der Waals surface area contributed by atoms with Gasteiger partial charge in [0.15, 0.2) is 0 Å². The van der Waals surface area contributed by atoms with Crippen LogP contribution in [0.25, 0.3) is 6.08 Å². The van der Waals surface area contributed by atoms with E-state index in [0.29, 0.717) is 10.6 Å². The van der Waals surface area contributed by atoms with E-state index in [4.69, 9.17) is 16.7 Å². The summed E-state index contributed by atoms with van der Waals surface area (Å²) in [5.74, 6) is -1.63. The Hall–Kier alpha value is -1.81. The van der Waals surface area contributed by atoms with Crippen LogP contribution in [0.1, 0.15) is 18.1 Å². The SMILES string of the molecule is CC(=O)N/C(=C\c1ccc(C)c(Cl)c1)C(=O)O. The first-order valence-corrected chi connectivity index (χ1v) is 5.26. The second kappa shape index (κ2) is 5.50. The molecular formula is C12H12ClNO3. The summed E-state index contributed by atoms with van der Waals surface area (Å²) >= 11 is 5.92. The van der Waals surface area contributed by atoms with Crippen LogP contribution in [-0.4, -0.2) is 17.0 Å². The van der Waals surface area contributed by atoms with Gasteiger partial charge in [-0.1, -0.05) is 23.7 Å². The minimum absolute atomic E-state index is 0.183. The monoisotopic (exact) mass is 253 g/mol. The van der Waals surface area contributed by atoms with E-state index in [0.717, 1.165) is 5.56 Å². The van der Waals surface area contributed by atoms with Crippen molar-refractivity contribution in [3.05, 3.63) is 40.0 Å². The molecule has 1 aromatic carbocycles. The van der Waals surface area contributed by atoms with Crippen molar-refractivity contribution in [2.45, 2.75) is 13.8 Å². The molecule has 1 amide bonds. The molecule has 17 heavy (non-hydrogen) atoms. The molecule has 5 heteroatoms. The molecule has 0 unspecified atom stereocenters. The molecule has 0 radical (unpaired) electrons. The summed E-state index contributed by atoms with van der Waals surface area (Å²) in [5.41, 5.74) is 1.34. The van der Waals surface area contributed by atoms with Crippen molar-refractivity contribution < 1.29 is 14.7 Å². The maximum absolute atomic E-state index is 10.9. The van der Waals surface area contributed by atoms with E-state index in [9.17, 15) is 9.59 Å². The van der Waals surface area contributed by atoms with Crippen molar-refractivity contribution in [3.63, 3.8) is 0 Å². The number of aliphatic carboxylic acids is 1. The lowest BCUT2D eigenvalue weighted by atomic mass is 10.1. The minimum atomic E-state index is -1.20. The molecule has 0 atom stereocenters. The maximum Gasteiger partial charge on any atom is 0.352 e. The molecule has 0 aliphatic rings. The average molecular weight is 254 g/mol. The number of halogens is 1. The Balaban J connectivity index is 3.08.